The molecular formula is C19H23N3O. The van der Waals surface area contributed by atoms with E-state index >= 15 is 0 Å². The van der Waals surface area contributed by atoms with E-state index in [1.165, 1.54) is 5.56 Å². The maximum atomic E-state index is 12.2. The zero-order chi connectivity index (χ0) is 15.9. The van der Waals surface area contributed by atoms with Crippen molar-refractivity contribution in [3.05, 3.63) is 71.3 Å². The molecule has 1 saturated heterocycles. The van der Waals surface area contributed by atoms with Crippen molar-refractivity contribution in [2.24, 2.45) is 0 Å². The van der Waals surface area contributed by atoms with Gasteiger partial charge in [0.05, 0.1) is 0 Å². The molecule has 3 rings (SSSR count). The third kappa shape index (κ3) is 4.65. The van der Waals surface area contributed by atoms with Gasteiger partial charge in [-0.2, -0.15) is 0 Å². The number of hydrogen-bond acceptors (Lipinski definition) is 3. The van der Waals surface area contributed by atoms with E-state index in [4.69, 9.17) is 0 Å². The van der Waals surface area contributed by atoms with Crippen LogP contribution < -0.4 is 10.6 Å². The van der Waals surface area contributed by atoms with Crippen LogP contribution in [-0.2, 0) is 13.1 Å². The third-order valence-corrected chi connectivity index (χ3v) is 4.13. The Bertz CT molecular complexity index is 619. The minimum atomic E-state index is -0.0254. The zero-order valence-electron chi connectivity index (χ0n) is 13.3. The van der Waals surface area contributed by atoms with Crippen LogP contribution >= 0.6 is 0 Å². The summed E-state index contributed by atoms with van der Waals surface area (Å²) in [4.78, 5) is 14.6. The fraction of sp³-hybridized carbons (Fsp3) is 0.316. The lowest BCUT2D eigenvalue weighted by atomic mass is 10.1. The standard InChI is InChI=1S/C19H23N3O/c23-19(21-14-16-4-2-1-3-5-16)18-8-6-17(7-9-18)15-22-12-10-20-11-13-22/h1-9,20H,10-15H2,(H,21,23). The van der Waals surface area contributed by atoms with Crippen LogP contribution in [0.1, 0.15) is 21.5 Å². The highest BCUT2D eigenvalue weighted by Gasteiger charge is 2.10. The van der Waals surface area contributed by atoms with Gasteiger partial charge in [-0.1, -0.05) is 42.5 Å². The smallest absolute Gasteiger partial charge is 0.251 e. The van der Waals surface area contributed by atoms with Gasteiger partial charge < -0.3 is 10.6 Å². The van der Waals surface area contributed by atoms with Gasteiger partial charge in [-0.25, -0.2) is 0 Å². The van der Waals surface area contributed by atoms with Gasteiger partial charge in [0.1, 0.15) is 0 Å². The van der Waals surface area contributed by atoms with Crippen molar-refractivity contribution >= 4 is 5.91 Å². The molecule has 2 N–H and O–H groups in total. The largest absolute Gasteiger partial charge is 0.348 e. The van der Waals surface area contributed by atoms with Crippen molar-refractivity contribution in [1.82, 2.24) is 15.5 Å². The number of carbonyl (C=O) groups excluding carboxylic acids is 1. The van der Waals surface area contributed by atoms with Crippen molar-refractivity contribution in [2.75, 3.05) is 26.2 Å². The molecule has 4 heteroatoms. The minimum Gasteiger partial charge on any atom is -0.348 e. The lowest BCUT2D eigenvalue weighted by Gasteiger charge is -2.27. The molecule has 1 heterocycles. The van der Waals surface area contributed by atoms with Crippen LogP contribution in [-0.4, -0.2) is 37.0 Å². The molecule has 0 unspecified atom stereocenters. The molecule has 120 valence electrons. The summed E-state index contributed by atoms with van der Waals surface area (Å²) >= 11 is 0. The summed E-state index contributed by atoms with van der Waals surface area (Å²) in [6, 6.07) is 17.9. The summed E-state index contributed by atoms with van der Waals surface area (Å²) in [5, 5.41) is 6.32. The molecule has 23 heavy (non-hydrogen) atoms. The number of amides is 1. The molecule has 1 amide bonds. The van der Waals surface area contributed by atoms with E-state index in [-0.39, 0.29) is 5.91 Å². The number of nitrogens with one attached hydrogen (secondary N) is 2. The van der Waals surface area contributed by atoms with Gasteiger partial charge in [-0.15, -0.1) is 0 Å². The van der Waals surface area contributed by atoms with E-state index in [0.29, 0.717) is 12.1 Å². The number of carbonyl (C=O) groups is 1. The quantitative estimate of drug-likeness (QED) is 0.888. The van der Waals surface area contributed by atoms with E-state index in [1.807, 2.05) is 42.5 Å². The summed E-state index contributed by atoms with van der Waals surface area (Å²) in [5.41, 5.74) is 3.08. The van der Waals surface area contributed by atoms with Crippen molar-refractivity contribution < 1.29 is 4.79 Å². The second-order valence-corrected chi connectivity index (χ2v) is 5.89. The van der Waals surface area contributed by atoms with Crippen LogP contribution in [0.2, 0.25) is 0 Å². The summed E-state index contributed by atoms with van der Waals surface area (Å²) in [5.74, 6) is -0.0254. The van der Waals surface area contributed by atoms with E-state index in [9.17, 15) is 4.79 Å². The highest BCUT2D eigenvalue weighted by atomic mass is 16.1. The normalized spacial score (nSPS) is 15.3. The number of piperazine rings is 1. The van der Waals surface area contributed by atoms with Crippen molar-refractivity contribution in [3.63, 3.8) is 0 Å². The molecule has 0 aromatic heterocycles. The Kier molecular flexibility index (Phi) is 5.40. The van der Waals surface area contributed by atoms with E-state index < -0.39 is 0 Å². The third-order valence-electron chi connectivity index (χ3n) is 4.13. The van der Waals surface area contributed by atoms with E-state index in [0.717, 1.165) is 38.3 Å². The van der Waals surface area contributed by atoms with Gasteiger partial charge in [0, 0.05) is 44.8 Å². The van der Waals surface area contributed by atoms with Crippen LogP contribution in [0.25, 0.3) is 0 Å². The average molecular weight is 309 g/mol. The summed E-state index contributed by atoms with van der Waals surface area (Å²) in [7, 11) is 0. The number of rotatable bonds is 5. The SMILES string of the molecule is O=C(NCc1ccccc1)c1ccc(CN2CCNCC2)cc1. The molecule has 0 saturated carbocycles. The molecule has 1 fully saturated rings. The first-order valence-electron chi connectivity index (χ1n) is 8.15. The van der Waals surface area contributed by atoms with Gasteiger partial charge in [-0.05, 0) is 23.3 Å². The Morgan fingerprint density at radius 3 is 2.35 bits per heavy atom. The molecular weight excluding hydrogens is 286 g/mol. The topological polar surface area (TPSA) is 44.4 Å². The minimum absolute atomic E-state index is 0.0254. The van der Waals surface area contributed by atoms with Crippen LogP contribution in [0.4, 0.5) is 0 Å². The molecule has 4 nitrogen and oxygen atoms in total. The molecule has 0 bridgehead atoms. The van der Waals surface area contributed by atoms with Gasteiger partial charge in [-0.3, -0.25) is 9.69 Å². The second-order valence-electron chi connectivity index (χ2n) is 5.89. The molecule has 2 aromatic rings. The molecule has 0 aliphatic carbocycles. The number of nitrogens with zero attached hydrogens (tertiary/aromatic N) is 1. The summed E-state index contributed by atoms with van der Waals surface area (Å²) in [6.45, 7) is 5.79. The molecule has 0 atom stereocenters. The van der Waals surface area contributed by atoms with E-state index in [1.54, 1.807) is 0 Å². The summed E-state index contributed by atoms with van der Waals surface area (Å²) in [6.07, 6.45) is 0. The van der Waals surface area contributed by atoms with Crippen LogP contribution in [0, 0.1) is 0 Å². The highest BCUT2D eigenvalue weighted by Crippen LogP contribution is 2.09. The average Bonchev–Trinajstić information content (AvgIpc) is 2.62. The lowest BCUT2D eigenvalue weighted by molar-refractivity contribution is 0.0951. The van der Waals surface area contributed by atoms with Crippen LogP contribution in [0.15, 0.2) is 54.6 Å². The van der Waals surface area contributed by atoms with Crippen molar-refractivity contribution in [2.45, 2.75) is 13.1 Å². The van der Waals surface area contributed by atoms with E-state index in [2.05, 4.69) is 27.7 Å². The fourth-order valence-electron chi connectivity index (χ4n) is 2.77. The highest BCUT2D eigenvalue weighted by molar-refractivity contribution is 5.94. The second kappa shape index (κ2) is 7.90. The first-order chi connectivity index (χ1) is 11.3. The van der Waals surface area contributed by atoms with Gasteiger partial charge in [0.15, 0.2) is 0 Å². The Balaban J connectivity index is 1.52. The maximum Gasteiger partial charge on any atom is 0.251 e. The Morgan fingerprint density at radius 1 is 0.957 bits per heavy atom. The first-order valence-corrected chi connectivity index (χ1v) is 8.15. The van der Waals surface area contributed by atoms with Gasteiger partial charge in [0.2, 0.25) is 0 Å². The van der Waals surface area contributed by atoms with Crippen LogP contribution in [0.3, 0.4) is 0 Å². The maximum absolute atomic E-state index is 12.2. The van der Waals surface area contributed by atoms with Crippen molar-refractivity contribution in [1.29, 1.82) is 0 Å². The Labute approximate surface area is 137 Å². The predicted molar refractivity (Wildman–Crippen MR) is 92.2 cm³/mol. The first kappa shape index (κ1) is 15.7. The Hall–Kier alpha value is -2.17. The molecule has 0 radical (unpaired) electrons. The number of benzene rings is 2. The molecule has 1 aliphatic rings. The zero-order valence-corrected chi connectivity index (χ0v) is 13.3. The monoisotopic (exact) mass is 309 g/mol. The molecule has 2 aromatic carbocycles. The lowest BCUT2D eigenvalue weighted by Crippen LogP contribution is -2.42. The fourth-order valence-corrected chi connectivity index (χ4v) is 2.77. The van der Waals surface area contributed by atoms with Crippen molar-refractivity contribution in [3.8, 4) is 0 Å². The Morgan fingerprint density at radius 2 is 1.65 bits per heavy atom. The number of hydrogen-bond donors (Lipinski definition) is 2. The summed E-state index contributed by atoms with van der Waals surface area (Å²) < 4.78 is 0. The predicted octanol–water partition coefficient (Wildman–Crippen LogP) is 2.02. The van der Waals surface area contributed by atoms with Gasteiger partial charge in [0.25, 0.3) is 5.91 Å². The molecule has 0 spiro atoms. The molecule has 1 aliphatic heterocycles. The van der Waals surface area contributed by atoms with Gasteiger partial charge >= 0.3 is 0 Å². The van der Waals surface area contributed by atoms with Crippen LogP contribution in [0.5, 0.6) is 0 Å².